The molecular weight excluding hydrogens is 256 g/mol. The lowest BCUT2D eigenvalue weighted by Crippen LogP contribution is -2.36. The first-order chi connectivity index (χ1) is 9.78. The molecule has 0 aliphatic carbocycles. The third-order valence-corrected chi connectivity index (χ3v) is 3.50. The van der Waals surface area contributed by atoms with Gasteiger partial charge in [-0.3, -0.25) is 4.79 Å². The molecule has 0 unspecified atom stereocenters. The lowest BCUT2D eigenvalue weighted by atomic mass is 10.1. The van der Waals surface area contributed by atoms with Crippen molar-refractivity contribution in [2.75, 3.05) is 20.2 Å². The Morgan fingerprint density at radius 1 is 1.15 bits per heavy atom. The smallest absolute Gasteiger partial charge is 0.293 e. The Balaban J connectivity index is 1.92. The summed E-state index contributed by atoms with van der Waals surface area (Å²) in [6.07, 6.45) is 3.26. The second-order valence-corrected chi connectivity index (χ2v) is 4.84. The van der Waals surface area contributed by atoms with Gasteiger partial charge in [-0.1, -0.05) is 0 Å². The number of rotatable bonds is 2. The third kappa shape index (κ3) is 2.41. The van der Waals surface area contributed by atoms with Crippen LogP contribution in [0.1, 0.15) is 29.9 Å². The molecule has 0 atom stereocenters. The predicted molar refractivity (Wildman–Crippen MR) is 73.6 cm³/mol. The molecule has 6 nitrogen and oxygen atoms in total. The van der Waals surface area contributed by atoms with E-state index in [2.05, 4.69) is 15.2 Å². The SMILES string of the molecule is COc1ccc2nnc(C(=O)N3CCCCC3)nc2c1. The van der Waals surface area contributed by atoms with Gasteiger partial charge in [0.2, 0.25) is 5.82 Å². The van der Waals surface area contributed by atoms with Gasteiger partial charge < -0.3 is 9.64 Å². The highest BCUT2D eigenvalue weighted by atomic mass is 16.5. The highest BCUT2D eigenvalue weighted by Gasteiger charge is 2.21. The molecule has 0 bridgehead atoms. The minimum atomic E-state index is -0.137. The van der Waals surface area contributed by atoms with Crippen LogP contribution in [-0.4, -0.2) is 46.2 Å². The van der Waals surface area contributed by atoms with Crippen LogP contribution in [0.3, 0.4) is 0 Å². The summed E-state index contributed by atoms with van der Waals surface area (Å²) in [7, 11) is 1.59. The average Bonchev–Trinajstić information content (AvgIpc) is 2.54. The molecule has 0 spiro atoms. The van der Waals surface area contributed by atoms with E-state index >= 15 is 0 Å². The van der Waals surface area contributed by atoms with Crippen LogP contribution in [0.5, 0.6) is 5.75 Å². The molecule has 1 saturated heterocycles. The molecule has 1 aromatic carbocycles. The Bertz CT molecular complexity index is 638. The Morgan fingerprint density at radius 3 is 2.70 bits per heavy atom. The number of benzene rings is 1. The molecule has 0 radical (unpaired) electrons. The van der Waals surface area contributed by atoms with Gasteiger partial charge in [-0.2, -0.15) is 0 Å². The van der Waals surface area contributed by atoms with Crippen molar-refractivity contribution < 1.29 is 9.53 Å². The maximum absolute atomic E-state index is 12.3. The number of likely N-dealkylation sites (tertiary alicyclic amines) is 1. The number of carbonyl (C=O) groups excluding carboxylic acids is 1. The topological polar surface area (TPSA) is 68.2 Å². The van der Waals surface area contributed by atoms with Crippen molar-refractivity contribution in [1.29, 1.82) is 0 Å². The number of hydrogen-bond acceptors (Lipinski definition) is 5. The van der Waals surface area contributed by atoms with E-state index < -0.39 is 0 Å². The Labute approximate surface area is 116 Å². The lowest BCUT2D eigenvalue weighted by Gasteiger charge is -2.25. The standard InChI is InChI=1S/C14H16N4O2/c1-20-10-5-6-11-12(9-10)15-13(17-16-11)14(19)18-7-3-2-4-8-18/h5-6,9H,2-4,7-8H2,1H3. The fourth-order valence-electron chi connectivity index (χ4n) is 2.37. The zero-order chi connectivity index (χ0) is 13.9. The number of piperidine rings is 1. The van der Waals surface area contributed by atoms with Crippen molar-refractivity contribution in [3.05, 3.63) is 24.0 Å². The van der Waals surface area contributed by atoms with Crippen LogP contribution in [-0.2, 0) is 0 Å². The summed E-state index contributed by atoms with van der Waals surface area (Å²) in [5.41, 5.74) is 1.28. The van der Waals surface area contributed by atoms with E-state index in [1.54, 1.807) is 30.2 Å². The van der Waals surface area contributed by atoms with Crippen LogP contribution in [0.4, 0.5) is 0 Å². The highest BCUT2D eigenvalue weighted by molar-refractivity contribution is 5.92. The molecule has 104 valence electrons. The maximum Gasteiger partial charge on any atom is 0.293 e. The number of aromatic nitrogens is 3. The van der Waals surface area contributed by atoms with E-state index in [1.807, 2.05) is 0 Å². The number of fused-ring (bicyclic) bond motifs is 1. The highest BCUT2D eigenvalue weighted by Crippen LogP contribution is 2.17. The number of hydrogen-bond donors (Lipinski definition) is 0. The predicted octanol–water partition coefficient (Wildman–Crippen LogP) is 1.66. The lowest BCUT2D eigenvalue weighted by molar-refractivity contribution is 0.0711. The second-order valence-electron chi connectivity index (χ2n) is 4.84. The summed E-state index contributed by atoms with van der Waals surface area (Å²) < 4.78 is 5.16. The molecule has 1 aromatic heterocycles. The van der Waals surface area contributed by atoms with Crippen molar-refractivity contribution in [3.63, 3.8) is 0 Å². The van der Waals surface area contributed by atoms with Gasteiger partial charge in [0.25, 0.3) is 5.91 Å². The van der Waals surface area contributed by atoms with Gasteiger partial charge in [-0.25, -0.2) is 4.98 Å². The Morgan fingerprint density at radius 2 is 1.95 bits per heavy atom. The van der Waals surface area contributed by atoms with Gasteiger partial charge >= 0.3 is 0 Å². The van der Waals surface area contributed by atoms with Gasteiger partial charge in [-0.15, -0.1) is 10.2 Å². The zero-order valence-electron chi connectivity index (χ0n) is 11.4. The fourth-order valence-corrected chi connectivity index (χ4v) is 2.37. The van der Waals surface area contributed by atoms with Gasteiger partial charge in [0.05, 0.1) is 12.6 Å². The molecule has 1 amide bonds. The van der Waals surface area contributed by atoms with E-state index in [1.165, 1.54) is 6.42 Å². The van der Waals surface area contributed by atoms with E-state index in [-0.39, 0.29) is 11.7 Å². The molecule has 1 aliphatic heterocycles. The molecule has 20 heavy (non-hydrogen) atoms. The van der Waals surface area contributed by atoms with Gasteiger partial charge in [0, 0.05) is 19.2 Å². The maximum atomic E-state index is 12.3. The molecule has 0 N–H and O–H groups in total. The summed E-state index contributed by atoms with van der Waals surface area (Å²) in [6.45, 7) is 1.55. The minimum Gasteiger partial charge on any atom is -0.497 e. The van der Waals surface area contributed by atoms with Crippen LogP contribution in [0, 0.1) is 0 Å². The largest absolute Gasteiger partial charge is 0.497 e. The third-order valence-electron chi connectivity index (χ3n) is 3.50. The van der Waals surface area contributed by atoms with Crippen molar-refractivity contribution in [1.82, 2.24) is 20.1 Å². The van der Waals surface area contributed by atoms with Crippen LogP contribution in [0.15, 0.2) is 18.2 Å². The van der Waals surface area contributed by atoms with Crippen molar-refractivity contribution in [2.45, 2.75) is 19.3 Å². The molecular formula is C14H16N4O2. The number of methoxy groups -OCH3 is 1. The van der Waals surface area contributed by atoms with Crippen LogP contribution in [0.2, 0.25) is 0 Å². The summed E-state index contributed by atoms with van der Waals surface area (Å²) in [5.74, 6) is 0.712. The molecule has 2 heterocycles. The number of nitrogens with zero attached hydrogens (tertiary/aromatic N) is 4. The van der Waals surface area contributed by atoms with Gasteiger partial charge in [-0.05, 0) is 31.4 Å². The van der Waals surface area contributed by atoms with Crippen LogP contribution in [0.25, 0.3) is 11.0 Å². The number of carbonyl (C=O) groups is 1. The van der Waals surface area contributed by atoms with E-state index in [0.717, 1.165) is 25.9 Å². The fraction of sp³-hybridized carbons (Fsp3) is 0.429. The molecule has 0 saturated carbocycles. The molecule has 3 rings (SSSR count). The Hall–Kier alpha value is -2.24. The Kier molecular flexibility index (Phi) is 3.45. The first-order valence-electron chi connectivity index (χ1n) is 6.76. The summed E-state index contributed by atoms with van der Waals surface area (Å²) >= 11 is 0. The molecule has 6 heteroatoms. The van der Waals surface area contributed by atoms with E-state index in [0.29, 0.717) is 16.8 Å². The molecule has 2 aromatic rings. The molecule has 1 aliphatic rings. The van der Waals surface area contributed by atoms with Crippen molar-refractivity contribution in [3.8, 4) is 5.75 Å². The van der Waals surface area contributed by atoms with Gasteiger partial charge in [0.1, 0.15) is 11.3 Å². The number of amides is 1. The van der Waals surface area contributed by atoms with Crippen molar-refractivity contribution >= 4 is 16.9 Å². The van der Waals surface area contributed by atoms with Gasteiger partial charge in [0.15, 0.2) is 0 Å². The summed E-state index contributed by atoms with van der Waals surface area (Å²) in [4.78, 5) is 18.4. The van der Waals surface area contributed by atoms with E-state index in [4.69, 9.17) is 4.74 Å². The summed E-state index contributed by atoms with van der Waals surface area (Å²) in [5, 5.41) is 8.00. The monoisotopic (exact) mass is 272 g/mol. The minimum absolute atomic E-state index is 0.137. The first-order valence-corrected chi connectivity index (χ1v) is 6.76. The van der Waals surface area contributed by atoms with Crippen LogP contribution >= 0.6 is 0 Å². The van der Waals surface area contributed by atoms with Crippen LogP contribution < -0.4 is 4.74 Å². The zero-order valence-corrected chi connectivity index (χ0v) is 11.4. The normalized spacial score (nSPS) is 15.3. The first kappa shape index (κ1) is 12.8. The quantitative estimate of drug-likeness (QED) is 0.831. The number of ether oxygens (including phenoxy) is 1. The average molecular weight is 272 g/mol. The molecule has 1 fully saturated rings. The second kappa shape index (κ2) is 5.40. The van der Waals surface area contributed by atoms with E-state index in [9.17, 15) is 4.79 Å². The van der Waals surface area contributed by atoms with Crippen molar-refractivity contribution in [2.24, 2.45) is 0 Å². The summed E-state index contributed by atoms with van der Waals surface area (Å²) in [6, 6.07) is 5.34.